The van der Waals surface area contributed by atoms with Gasteiger partial charge in [-0.15, -0.1) is 0 Å². The van der Waals surface area contributed by atoms with Crippen molar-refractivity contribution in [1.82, 2.24) is 0 Å². The van der Waals surface area contributed by atoms with Crippen molar-refractivity contribution in [1.29, 1.82) is 0 Å². The molecule has 0 saturated heterocycles. The van der Waals surface area contributed by atoms with Gasteiger partial charge < -0.3 is 15.6 Å². The number of aliphatic hydroxyl groups is 1. The second kappa shape index (κ2) is 4.16. The third kappa shape index (κ3) is 1.92. The van der Waals surface area contributed by atoms with Crippen molar-refractivity contribution in [2.24, 2.45) is 35.3 Å². The van der Waals surface area contributed by atoms with E-state index < -0.39 is 12.2 Å². The lowest BCUT2D eigenvalue weighted by Crippen LogP contribution is -2.32. The summed E-state index contributed by atoms with van der Waals surface area (Å²) in [4.78, 5) is 10.8. The summed E-state index contributed by atoms with van der Waals surface area (Å²) in [7, 11) is 0. The molecule has 0 aromatic carbocycles. The zero-order chi connectivity index (χ0) is 12.0. The summed E-state index contributed by atoms with van der Waals surface area (Å²) in [5.41, 5.74) is 5.02. The normalized spacial score (nSPS) is 43.9. The van der Waals surface area contributed by atoms with Gasteiger partial charge in [-0.3, -0.25) is 0 Å². The summed E-state index contributed by atoms with van der Waals surface area (Å²) >= 11 is 0. The molecule has 6 atom stereocenters. The summed E-state index contributed by atoms with van der Waals surface area (Å²) in [6, 6.07) is 0. The van der Waals surface area contributed by atoms with Crippen molar-refractivity contribution in [2.45, 2.75) is 38.2 Å². The standard InChI is InChI=1S/C13H21NO3/c14-13(16)17-10(6-15)5-12-9-2-7-1-8(4-9)11(12)3-7/h7-12,15H,1-6H2,(H2,14,16). The maximum atomic E-state index is 10.8. The lowest BCUT2D eigenvalue weighted by atomic mass is 9.73. The molecule has 4 saturated carbocycles. The number of carbonyl (C=O) groups excluding carboxylic acids is 1. The van der Waals surface area contributed by atoms with E-state index in [9.17, 15) is 9.90 Å². The molecule has 4 heteroatoms. The predicted octanol–water partition coefficient (Wildman–Crippen LogP) is 1.51. The third-order valence-electron chi connectivity index (χ3n) is 5.27. The molecule has 96 valence electrons. The van der Waals surface area contributed by atoms with Gasteiger partial charge in [0.1, 0.15) is 6.10 Å². The van der Waals surface area contributed by atoms with Crippen LogP contribution in [0.2, 0.25) is 0 Å². The lowest BCUT2D eigenvalue weighted by Gasteiger charge is -2.33. The number of ether oxygens (including phenoxy) is 1. The van der Waals surface area contributed by atoms with Gasteiger partial charge in [0.25, 0.3) is 0 Å². The van der Waals surface area contributed by atoms with Gasteiger partial charge >= 0.3 is 6.09 Å². The number of hydrogen-bond donors (Lipinski definition) is 2. The van der Waals surface area contributed by atoms with Crippen LogP contribution in [0.4, 0.5) is 4.79 Å². The van der Waals surface area contributed by atoms with E-state index in [4.69, 9.17) is 10.5 Å². The highest BCUT2D eigenvalue weighted by atomic mass is 16.6. The average Bonchev–Trinajstić information content (AvgIpc) is 2.68. The first-order chi connectivity index (χ1) is 8.17. The van der Waals surface area contributed by atoms with Crippen LogP contribution in [0.15, 0.2) is 0 Å². The minimum Gasteiger partial charge on any atom is -0.444 e. The second-order valence-corrected chi connectivity index (χ2v) is 6.13. The van der Waals surface area contributed by atoms with Crippen LogP contribution in [-0.2, 0) is 4.74 Å². The first-order valence-electron chi connectivity index (χ1n) is 6.74. The number of aliphatic hydroxyl groups excluding tert-OH is 1. The Hall–Kier alpha value is -0.770. The summed E-state index contributed by atoms with van der Waals surface area (Å²) in [5.74, 6) is 4.16. The van der Waals surface area contributed by atoms with E-state index in [2.05, 4.69) is 0 Å². The third-order valence-corrected chi connectivity index (χ3v) is 5.27. The van der Waals surface area contributed by atoms with Crippen LogP contribution < -0.4 is 5.73 Å². The van der Waals surface area contributed by atoms with E-state index in [1.165, 1.54) is 25.7 Å². The molecule has 0 aromatic heterocycles. The van der Waals surface area contributed by atoms with Gasteiger partial charge in [0, 0.05) is 0 Å². The fourth-order valence-electron chi connectivity index (χ4n) is 4.87. The minimum atomic E-state index is -0.767. The minimum absolute atomic E-state index is 0.104. The summed E-state index contributed by atoms with van der Waals surface area (Å²) < 4.78 is 4.96. The Bertz CT molecular complexity index is 316. The van der Waals surface area contributed by atoms with Crippen LogP contribution in [-0.4, -0.2) is 23.9 Å². The highest BCUT2D eigenvalue weighted by molar-refractivity contribution is 5.64. The van der Waals surface area contributed by atoms with Crippen molar-refractivity contribution in [3.63, 3.8) is 0 Å². The Morgan fingerprint density at radius 3 is 2.71 bits per heavy atom. The van der Waals surface area contributed by atoms with E-state index in [1.807, 2.05) is 0 Å². The van der Waals surface area contributed by atoms with Crippen molar-refractivity contribution >= 4 is 6.09 Å². The number of nitrogens with two attached hydrogens (primary N) is 1. The molecule has 4 fully saturated rings. The topological polar surface area (TPSA) is 72.6 Å². The maximum absolute atomic E-state index is 10.8. The van der Waals surface area contributed by atoms with Crippen LogP contribution >= 0.6 is 0 Å². The van der Waals surface area contributed by atoms with Crippen LogP contribution in [0.5, 0.6) is 0 Å². The molecule has 0 spiro atoms. The van der Waals surface area contributed by atoms with Gasteiger partial charge in [-0.25, -0.2) is 4.79 Å². The number of primary amides is 1. The Labute approximate surface area is 102 Å². The first kappa shape index (κ1) is 11.3. The largest absolute Gasteiger partial charge is 0.444 e. The summed E-state index contributed by atoms with van der Waals surface area (Å²) in [5, 5.41) is 9.24. The Morgan fingerprint density at radius 2 is 2.06 bits per heavy atom. The van der Waals surface area contributed by atoms with Crippen LogP contribution in [0.3, 0.4) is 0 Å². The Kier molecular flexibility index (Phi) is 2.77. The molecule has 0 aliphatic heterocycles. The quantitative estimate of drug-likeness (QED) is 0.781. The van der Waals surface area contributed by atoms with Gasteiger partial charge in [-0.1, -0.05) is 0 Å². The highest BCUT2D eigenvalue weighted by Gasteiger charge is 2.53. The van der Waals surface area contributed by atoms with Crippen molar-refractivity contribution in [3.05, 3.63) is 0 Å². The fourth-order valence-corrected chi connectivity index (χ4v) is 4.87. The average molecular weight is 239 g/mol. The van der Waals surface area contributed by atoms with Gasteiger partial charge in [0.15, 0.2) is 0 Å². The molecule has 4 rings (SSSR count). The molecule has 0 heterocycles. The maximum Gasteiger partial charge on any atom is 0.404 e. The number of rotatable bonds is 4. The van der Waals surface area contributed by atoms with E-state index in [0.717, 1.165) is 30.1 Å². The van der Waals surface area contributed by atoms with Gasteiger partial charge in [-0.05, 0) is 61.7 Å². The SMILES string of the molecule is NC(=O)OC(CO)CC1C2CC3CC(C2)C1C3. The van der Waals surface area contributed by atoms with Gasteiger partial charge in [0.05, 0.1) is 6.61 Å². The second-order valence-electron chi connectivity index (χ2n) is 6.13. The molecule has 4 aliphatic rings. The summed E-state index contributed by atoms with van der Waals surface area (Å²) in [6.45, 7) is -0.104. The molecule has 1 amide bonds. The van der Waals surface area contributed by atoms with E-state index in [-0.39, 0.29) is 6.61 Å². The van der Waals surface area contributed by atoms with E-state index in [0.29, 0.717) is 5.92 Å². The molecule has 4 nitrogen and oxygen atoms in total. The predicted molar refractivity (Wildman–Crippen MR) is 62.1 cm³/mol. The van der Waals surface area contributed by atoms with Gasteiger partial charge in [0.2, 0.25) is 0 Å². The molecule has 6 unspecified atom stereocenters. The molecule has 3 N–H and O–H groups in total. The summed E-state index contributed by atoms with van der Waals surface area (Å²) in [6.07, 6.45) is 5.14. The van der Waals surface area contributed by atoms with Crippen LogP contribution in [0.1, 0.15) is 32.1 Å². The molecular weight excluding hydrogens is 218 g/mol. The van der Waals surface area contributed by atoms with Crippen molar-refractivity contribution < 1.29 is 14.6 Å². The molecule has 4 aliphatic carbocycles. The van der Waals surface area contributed by atoms with E-state index >= 15 is 0 Å². The number of hydrogen-bond acceptors (Lipinski definition) is 3. The molecule has 0 aromatic rings. The first-order valence-corrected chi connectivity index (χ1v) is 6.74. The lowest BCUT2D eigenvalue weighted by molar-refractivity contribution is 0.0315. The molecule has 4 bridgehead atoms. The zero-order valence-corrected chi connectivity index (χ0v) is 10.0. The van der Waals surface area contributed by atoms with Gasteiger partial charge in [-0.2, -0.15) is 0 Å². The number of amides is 1. The zero-order valence-electron chi connectivity index (χ0n) is 10.0. The Balaban J connectivity index is 1.63. The molecular formula is C13H21NO3. The van der Waals surface area contributed by atoms with Crippen LogP contribution in [0.25, 0.3) is 0 Å². The molecule has 0 radical (unpaired) electrons. The van der Waals surface area contributed by atoms with Crippen molar-refractivity contribution in [3.8, 4) is 0 Å². The fraction of sp³-hybridized carbons (Fsp3) is 0.923. The number of carbonyl (C=O) groups is 1. The Morgan fingerprint density at radius 1 is 1.29 bits per heavy atom. The highest BCUT2D eigenvalue weighted by Crippen LogP contribution is 2.62. The van der Waals surface area contributed by atoms with E-state index in [1.54, 1.807) is 0 Å². The van der Waals surface area contributed by atoms with Crippen molar-refractivity contribution in [2.75, 3.05) is 6.61 Å². The smallest absolute Gasteiger partial charge is 0.404 e. The van der Waals surface area contributed by atoms with Crippen LogP contribution in [0, 0.1) is 29.6 Å². The monoisotopic (exact) mass is 239 g/mol. The molecule has 17 heavy (non-hydrogen) atoms.